The summed E-state index contributed by atoms with van der Waals surface area (Å²) in [6.07, 6.45) is 7.66. The van der Waals surface area contributed by atoms with Crippen LogP contribution in [0.1, 0.15) is 44.9 Å². The molecule has 0 radical (unpaired) electrons. The zero-order valence-corrected chi connectivity index (χ0v) is 14.5. The van der Waals surface area contributed by atoms with Crippen LogP contribution >= 0.6 is 11.8 Å². The molecule has 0 aromatic heterocycles. The van der Waals surface area contributed by atoms with Gasteiger partial charge in [-0.25, -0.2) is 0 Å². The van der Waals surface area contributed by atoms with Gasteiger partial charge in [0.25, 0.3) is 0 Å². The minimum Gasteiger partial charge on any atom is -0.334 e. The molecule has 4 aliphatic rings. The Bertz CT molecular complexity index is 466. The van der Waals surface area contributed by atoms with Crippen molar-refractivity contribution in [1.29, 1.82) is 0 Å². The molecule has 1 N–H and O–H groups in total. The highest BCUT2D eigenvalue weighted by Gasteiger charge is 2.45. The fourth-order valence-corrected chi connectivity index (χ4v) is 5.94. The normalized spacial score (nSPS) is 34.9. The second-order valence-corrected chi connectivity index (χ2v) is 8.43. The zero-order valence-electron chi connectivity index (χ0n) is 13.7. The molecule has 3 atom stereocenters. The van der Waals surface area contributed by atoms with Gasteiger partial charge < -0.3 is 15.1 Å². The molecule has 2 amide bonds. The number of nitrogens with one attached hydrogen (secondary N) is 1. The minimum atomic E-state index is -0.214. The molecule has 3 heterocycles. The Hall–Kier alpha value is -0.750. The average Bonchev–Trinajstić information content (AvgIpc) is 3.25. The van der Waals surface area contributed by atoms with E-state index in [2.05, 4.69) is 10.2 Å². The lowest BCUT2D eigenvalue weighted by molar-refractivity contribution is -0.147. The summed E-state index contributed by atoms with van der Waals surface area (Å²) in [5.41, 5.74) is 0. The van der Waals surface area contributed by atoms with Crippen molar-refractivity contribution < 1.29 is 9.59 Å². The van der Waals surface area contributed by atoms with Crippen molar-refractivity contribution in [2.24, 2.45) is 5.92 Å². The maximum atomic E-state index is 13.2. The predicted molar refractivity (Wildman–Crippen MR) is 91.1 cm³/mol. The van der Waals surface area contributed by atoms with Crippen LogP contribution in [0.5, 0.6) is 0 Å². The molecule has 3 aliphatic heterocycles. The molecule has 128 valence electrons. The van der Waals surface area contributed by atoms with Gasteiger partial charge in [0, 0.05) is 30.3 Å². The van der Waals surface area contributed by atoms with E-state index in [1.807, 2.05) is 4.90 Å². The highest BCUT2D eigenvalue weighted by Crippen LogP contribution is 2.34. The van der Waals surface area contributed by atoms with E-state index in [4.69, 9.17) is 0 Å². The number of fused-ring (bicyclic) bond motifs is 2. The van der Waals surface area contributed by atoms with Gasteiger partial charge in [-0.3, -0.25) is 9.59 Å². The van der Waals surface area contributed by atoms with E-state index in [9.17, 15) is 9.59 Å². The number of thioether (sulfide) groups is 1. The van der Waals surface area contributed by atoms with Crippen LogP contribution in [-0.2, 0) is 9.59 Å². The summed E-state index contributed by atoms with van der Waals surface area (Å²) in [5.74, 6) is 2.11. The molecule has 0 spiro atoms. The Morgan fingerprint density at radius 2 is 1.74 bits per heavy atom. The largest absolute Gasteiger partial charge is 0.334 e. The van der Waals surface area contributed by atoms with Gasteiger partial charge >= 0.3 is 0 Å². The maximum Gasteiger partial charge on any atom is 0.246 e. The van der Waals surface area contributed by atoms with Crippen molar-refractivity contribution >= 4 is 23.6 Å². The Morgan fingerprint density at radius 1 is 0.957 bits per heavy atom. The monoisotopic (exact) mass is 337 g/mol. The number of nitrogens with zero attached hydrogens (tertiary/aromatic N) is 2. The Kier molecular flexibility index (Phi) is 4.54. The lowest BCUT2D eigenvalue weighted by Gasteiger charge is -2.34. The second kappa shape index (κ2) is 6.63. The fraction of sp³-hybridized carbons (Fsp3) is 0.882. The number of hydrogen-bond acceptors (Lipinski definition) is 4. The number of hydrogen-bond donors (Lipinski definition) is 1. The molecule has 0 aromatic carbocycles. The van der Waals surface area contributed by atoms with Crippen molar-refractivity contribution in [3.63, 3.8) is 0 Å². The first kappa shape index (κ1) is 15.8. The standard InChI is InChI=1S/C17H27N3O2S/c21-16(12-3-1-2-4-12)19-11-23-10-15(19)17(22)20-13-5-6-14(20)9-18-8-7-13/h12-15,18H,1-11H2. The smallest absolute Gasteiger partial charge is 0.246 e. The summed E-state index contributed by atoms with van der Waals surface area (Å²) in [5, 5.41) is 3.45. The van der Waals surface area contributed by atoms with Gasteiger partial charge in [0.1, 0.15) is 6.04 Å². The quantitative estimate of drug-likeness (QED) is 0.828. The third kappa shape index (κ3) is 2.88. The molecular weight excluding hydrogens is 310 g/mol. The highest BCUT2D eigenvalue weighted by atomic mass is 32.2. The second-order valence-electron chi connectivity index (χ2n) is 7.43. The summed E-state index contributed by atoms with van der Waals surface area (Å²) in [7, 11) is 0. The molecule has 3 unspecified atom stereocenters. The molecular formula is C17H27N3O2S. The zero-order chi connectivity index (χ0) is 15.8. The van der Waals surface area contributed by atoms with E-state index in [0.29, 0.717) is 18.0 Å². The van der Waals surface area contributed by atoms with Gasteiger partial charge in [0.05, 0.1) is 5.88 Å². The van der Waals surface area contributed by atoms with Crippen molar-refractivity contribution in [3.8, 4) is 0 Å². The third-order valence-corrected chi connectivity index (χ3v) is 7.08. The molecule has 4 rings (SSSR count). The van der Waals surface area contributed by atoms with Crippen LogP contribution < -0.4 is 5.32 Å². The summed E-state index contributed by atoms with van der Waals surface area (Å²) < 4.78 is 0. The number of amides is 2. The van der Waals surface area contributed by atoms with Crippen LogP contribution in [0.25, 0.3) is 0 Å². The van der Waals surface area contributed by atoms with Gasteiger partial charge in [-0.05, 0) is 38.6 Å². The van der Waals surface area contributed by atoms with Gasteiger partial charge in [0.2, 0.25) is 11.8 Å². The molecule has 1 aliphatic carbocycles. The fourth-order valence-electron chi connectivity index (χ4n) is 4.79. The molecule has 6 heteroatoms. The van der Waals surface area contributed by atoms with Crippen molar-refractivity contribution in [2.75, 3.05) is 24.7 Å². The predicted octanol–water partition coefficient (Wildman–Crippen LogP) is 1.43. The Morgan fingerprint density at radius 3 is 2.57 bits per heavy atom. The first-order chi connectivity index (χ1) is 11.3. The lowest BCUT2D eigenvalue weighted by Crippen LogP contribution is -2.54. The van der Waals surface area contributed by atoms with E-state index < -0.39 is 0 Å². The first-order valence-corrected chi connectivity index (χ1v) is 10.3. The van der Waals surface area contributed by atoms with Gasteiger partial charge in [-0.1, -0.05) is 12.8 Å². The van der Waals surface area contributed by atoms with Gasteiger partial charge in [0.15, 0.2) is 0 Å². The molecule has 1 saturated carbocycles. The van der Waals surface area contributed by atoms with Crippen LogP contribution in [-0.4, -0.2) is 64.5 Å². The minimum absolute atomic E-state index is 0.173. The van der Waals surface area contributed by atoms with Crippen LogP contribution in [0.3, 0.4) is 0 Å². The van der Waals surface area contributed by atoms with E-state index >= 15 is 0 Å². The van der Waals surface area contributed by atoms with Crippen LogP contribution in [0.2, 0.25) is 0 Å². The molecule has 23 heavy (non-hydrogen) atoms. The summed E-state index contributed by atoms with van der Waals surface area (Å²) in [4.78, 5) is 30.1. The van der Waals surface area contributed by atoms with Crippen LogP contribution in [0, 0.1) is 5.92 Å². The van der Waals surface area contributed by atoms with E-state index in [0.717, 1.165) is 63.8 Å². The highest BCUT2D eigenvalue weighted by molar-refractivity contribution is 7.99. The van der Waals surface area contributed by atoms with Crippen LogP contribution in [0.4, 0.5) is 0 Å². The number of rotatable bonds is 2. The summed E-state index contributed by atoms with van der Waals surface area (Å²) in [6.45, 7) is 1.92. The maximum absolute atomic E-state index is 13.2. The lowest BCUT2D eigenvalue weighted by atomic mass is 10.1. The topological polar surface area (TPSA) is 52.7 Å². The third-order valence-electron chi connectivity index (χ3n) is 6.06. The number of carbonyl (C=O) groups excluding carboxylic acids is 2. The first-order valence-electron chi connectivity index (χ1n) is 9.17. The van der Waals surface area contributed by atoms with Crippen LogP contribution in [0.15, 0.2) is 0 Å². The van der Waals surface area contributed by atoms with E-state index in [1.165, 1.54) is 0 Å². The Labute approximate surface area is 142 Å². The molecule has 0 aromatic rings. The molecule has 4 fully saturated rings. The van der Waals surface area contributed by atoms with Crippen molar-refractivity contribution in [3.05, 3.63) is 0 Å². The molecule has 5 nitrogen and oxygen atoms in total. The van der Waals surface area contributed by atoms with E-state index in [-0.39, 0.29) is 23.8 Å². The molecule has 2 bridgehead atoms. The SMILES string of the molecule is O=C(C1CCCC1)N1CSCC1C(=O)N1C2CCNCC1CC2. The van der Waals surface area contributed by atoms with Crippen molar-refractivity contribution in [2.45, 2.75) is 63.1 Å². The average molecular weight is 337 g/mol. The summed E-state index contributed by atoms with van der Waals surface area (Å²) in [6, 6.07) is 0.509. The summed E-state index contributed by atoms with van der Waals surface area (Å²) >= 11 is 1.74. The number of carbonyl (C=O) groups is 2. The van der Waals surface area contributed by atoms with Crippen molar-refractivity contribution in [1.82, 2.24) is 15.1 Å². The molecule has 3 saturated heterocycles. The Balaban J connectivity index is 1.49. The van der Waals surface area contributed by atoms with Gasteiger partial charge in [-0.15, -0.1) is 11.8 Å². The van der Waals surface area contributed by atoms with Gasteiger partial charge in [-0.2, -0.15) is 0 Å². The van der Waals surface area contributed by atoms with E-state index in [1.54, 1.807) is 11.8 Å².